The van der Waals surface area contributed by atoms with Crippen LogP contribution >= 0.6 is 0 Å². The van der Waals surface area contributed by atoms with Crippen molar-refractivity contribution < 1.29 is 23.2 Å². The van der Waals surface area contributed by atoms with Gasteiger partial charge in [0.05, 0.1) is 24.5 Å². The molecule has 1 saturated heterocycles. The van der Waals surface area contributed by atoms with Gasteiger partial charge in [0, 0.05) is 24.6 Å². The molecule has 0 N–H and O–H groups in total. The smallest absolute Gasteiger partial charge is 0.337 e. The molecule has 144 valence electrons. The van der Waals surface area contributed by atoms with Gasteiger partial charge in [0.25, 0.3) is 11.8 Å². The molecule has 0 atom stereocenters. The summed E-state index contributed by atoms with van der Waals surface area (Å²) < 4.78 is 15.5. The molecule has 2 aromatic heterocycles. The molecule has 0 saturated carbocycles. The molecule has 8 nitrogen and oxygen atoms in total. The van der Waals surface area contributed by atoms with Crippen molar-refractivity contribution in [1.29, 1.82) is 0 Å². The van der Waals surface area contributed by atoms with Crippen molar-refractivity contribution in [2.24, 2.45) is 0 Å². The molecule has 1 aliphatic rings. The van der Waals surface area contributed by atoms with E-state index < -0.39 is 5.97 Å². The van der Waals surface area contributed by atoms with Crippen molar-refractivity contribution >= 4 is 11.9 Å². The SMILES string of the molecule is COC(=O)c1ccc(C(=O)N2CCC(c3nnc(-c4ccoc4)o3)CC2)cc1. The number of ether oxygens (including phenoxy) is 1. The Labute approximate surface area is 161 Å². The fourth-order valence-electron chi connectivity index (χ4n) is 3.28. The summed E-state index contributed by atoms with van der Waals surface area (Å²) in [4.78, 5) is 26.0. The summed E-state index contributed by atoms with van der Waals surface area (Å²) in [7, 11) is 1.33. The van der Waals surface area contributed by atoms with Crippen LogP contribution in [0.4, 0.5) is 0 Å². The Balaban J connectivity index is 1.37. The Morgan fingerprint density at radius 1 is 1.07 bits per heavy atom. The van der Waals surface area contributed by atoms with Crippen LogP contribution in [-0.2, 0) is 4.74 Å². The molecule has 0 bridgehead atoms. The highest BCUT2D eigenvalue weighted by molar-refractivity contribution is 5.96. The zero-order valence-corrected chi connectivity index (χ0v) is 15.3. The number of aromatic nitrogens is 2. The molecule has 28 heavy (non-hydrogen) atoms. The molecule has 0 radical (unpaired) electrons. The summed E-state index contributed by atoms with van der Waals surface area (Å²) in [5, 5.41) is 8.22. The molecular weight excluding hydrogens is 362 g/mol. The first-order chi connectivity index (χ1) is 13.7. The Morgan fingerprint density at radius 3 is 2.43 bits per heavy atom. The van der Waals surface area contributed by atoms with Crippen LogP contribution in [0.5, 0.6) is 0 Å². The van der Waals surface area contributed by atoms with Crippen molar-refractivity contribution in [2.45, 2.75) is 18.8 Å². The summed E-state index contributed by atoms with van der Waals surface area (Å²) in [6, 6.07) is 8.26. The second kappa shape index (κ2) is 7.67. The lowest BCUT2D eigenvalue weighted by atomic mass is 9.96. The van der Waals surface area contributed by atoms with E-state index in [0.717, 1.165) is 18.4 Å². The van der Waals surface area contributed by atoms with Gasteiger partial charge < -0.3 is 18.5 Å². The van der Waals surface area contributed by atoms with Gasteiger partial charge in [-0.2, -0.15) is 0 Å². The number of furan rings is 1. The van der Waals surface area contributed by atoms with Crippen LogP contribution in [0, 0.1) is 0 Å². The highest BCUT2D eigenvalue weighted by atomic mass is 16.5. The maximum Gasteiger partial charge on any atom is 0.337 e. The van der Waals surface area contributed by atoms with Gasteiger partial charge in [0.2, 0.25) is 5.89 Å². The highest BCUT2D eigenvalue weighted by Crippen LogP contribution is 2.30. The number of amides is 1. The molecule has 0 spiro atoms. The minimum Gasteiger partial charge on any atom is -0.472 e. The second-order valence-electron chi connectivity index (χ2n) is 6.59. The van der Waals surface area contributed by atoms with E-state index in [1.807, 2.05) is 0 Å². The largest absolute Gasteiger partial charge is 0.472 e. The minimum atomic E-state index is -0.422. The molecule has 4 rings (SSSR count). The fraction of sp³-hybridized carbons (Fsp3) is 0.300. The van der Waals surface area contributed by atoms with E-state index in [-0.39, 0.29) is 11.8 Å². The number of rotatable bonds is 4. The summed E-state index contributed by atoms with van der Waals surface area (Å²) in [5.74, 6) is 0.672. The maximum absolute atomic E-state index is 12.7. The number of benzene rings is 1. The average molecular weight is 381 g/mol. The molecule has 1 amide bonds. The van der Waals surface area contributed by atoms with Crippen molar-refractivity contribution in [3.05, 3.63) is 59.9 Å². The van der Waals surface area contributed by atoms with E-state index in [0.29, 0.717) is 36.0 Å². The molecule has 1 aliphatic heterocycles. The predicted molar refractivity (Wildman–Crippen MR) is 97.7 cm³/mol. The number of hydrogen-bond donors (Lipinski definition) is 0. The lowest BCUT2D eigenvalue weighted by Gasteiger charge is -2.30. The second-order valence-corrected chi connectivity index (χ2v) is 6.59. The summed E-state index contributed by atoms with van der Waals surface area (Å²) in [6.45, 7) is 1.21. The summed E-state index contributed by atoms with van der Waals surface area (Å²) in [5.41, 5.74) is 1.72. The topological polar surface area (TPSA) is 98.7 Å². The molecule has 1 fully saturated rings. The zero-order chi connectivity index (χ0) is 19.5. The number of likely N-dealkylation sites (tertiary alicyclic amines) is 1. The fourth-order valence-corrected chi connectivity index (χ4v) is 3.28. The van der Waals surface area contributed by atoms with Crippen LogP contribution in [0.15, 0.2) is 51.7 Å². The molecule has 1 aromatic carbocycles. The monoisotopic (exact) mass is 381 g/mol. The third-order valence-electron chi connectivity index (χ3n) is 4.89. The Hall–Kier alpha value is -3.42. The molecule has 3 heterocycles. The third kappa shape index (κ3) is 3.53. The predicted octanol–water partition coefficient (Wildman–Crippen LogP) is 3.14. The summed E-state index contributed by atoms with van der Waals surface area (Å²) in [6.07, 6.45) is 4.61. The molecule has 0 unspecified atom stereocenters. The van der Waals surface area contributed by atoms with Gasteiger partial charge in [-0.3, -0.25) is 4.79 Å². The first kappa shape index (κ1) is 18.0. The Morgan fingerprint density at radius 2 is 1.79 bits per heavy atom. The van der Waals surface area contributed by atoms with Crippen molar-refractivity contribution in [1.82, 2.24) is 15.1 Å². The van der Waals surface area contributed by atoms with Gasteiger partial charge in [-0.05, 0) is 43.2 Å². The number of carbonyl (C=O) groups is 2. The van der Waals surface area contributed by atoms with Crippen LogP contribution in [0.1, 0.15) is 45.4 Å². The van der Waals surface area contributed by atoms with Gasteiger partial charge in [-0.25, -0.2) is 4.79 Å². The van der Waals surface area contributed by atoms with Crippen LogP contribution in [0.2, 0.25) is 0 Å². The van der Waals surface area contributed by atoms with Gasteiger partial charge in [0.15, 0.2) is 0 Å². The van der Waals surface area contributed by atoms with Gasteiger partial charge in [-0.1, -0.05) is 0 Å². The van der Waals surface area contributed by atoms with Crippen molar-refractivity contribution in [3.63, 3.8) is 0 Å². The van der Waals surface area contributed by atoms with Crippen LogP contribution in [0.25, 0.3) is 11.5 Å². The van der Waals surface area contributed by atoms with Crippen molar-refractivity contribution in [2.75, 3.05) is 20.2 Å². The lowest BCUT2D eigenvalue weighted by molar-refractivity contribution is 0.0599. The molecule has 0 aliphatic carbocycles. The van der Waals surface area contributed by atoms with E-state index in [1.165, 1.54) is 7.11 Å². The average Bonchev–Trinajstić information content (AvgIpc) is 3.45. The number of nitrogens with zero attached hydrogens (tertiary/aromatic N) is 3. The van der Waals surface area contributed by atoms with E-state index in [4.69, 9.17) is 8.83 Å². The number of methoxy groups -OCH3 is 1. The van der Waals surface area contributed by atoms with E-state index in [2.05, 4.69) is 14.9 Å². The third-order valence-corrected chi connectivity index (χ3v) is 4.89. The normalized spacial score (nSPS) is 14.8. The van der Waals surface area contributed by atoms with Crippen LogP contribution in [-0.4, -0.2) is 47.2 Å². The lowest BCUT2D eigenvalue weighted by Crippen LogP contribution is -2.38. The van der Waals surface area contributed by atoms with Gasteiger partial charge in [-0.15, -0.1) is 10.2 Å². The quantitative estimate of drug-likeness (QED) is 0.640. The van der Waals surface area contributed by atoms with Crippen LogP contribution < -0.4 is 0 Å². The van der Waals surface area contributed by atoms with Crippen molar-refractivity contribution in [3.8, 4) is 11.5 Å². The zero-order valence-electron chi connectivity index (χ0n) is 15.3. The highest BCUT2D eigenvalue weighted by Gasteiger charge is 2.28. The number of carbonyl (C=O) groups excluding carboxylic acids is 2. The first-order valence-corrected chi connectivity index (χ1v) is 8.99. The van der Waals surface area contributed by atoms with Gasteiger partial charge >= 0.3 is 5.97 Å². The van der Waals surface area contributed by atoms with E-state index in [9.17, 15) is 9.59 Å². The number of esters is 1. The first-order valence-electron chi connectivity index (χ1n) is 8.99. The molecular formula is C20H19N3O5. The standard InChI is InChI=1S/C20H19N3O5/c1-26-20(25)15-4-2-14(3-5-15)19(24)23-9-6-13(7-10-23)17-21-22-18(28-17)16-8-11-27-12-16/h2-5,8,11-13H,6-7,9-10H2,1H3. The molecule has 3 aromatic rings. The Bertz CT molecular complexity index is 954. The van der Waals surface area contributed by atoms with Gasteiger partial charge in [0.1, 0.15) is 6.26 Å². The summed E-state index contributed by atoms with van der Waals surface area (Å²) >= 11 is 0. The van der Waals surface area contributed by atoms with Crippen LogP contribution in [0.3, 0.4) is 0 Å². The van der Waals surface area contributed by atoms with E-state index in [1.54, 1.807) is 47.8 Å². The molecule has 8 heteroatoms. The number of hydrogen-bond acceptors (Lipinski definition) is 7. The maximum atomic E-state index is 12.7. The minimum absolute atomic E-state index is 0.0560. The van der Waals surface area contributed by atoms with E-state index >= 15 is 0 Å². The Kier molecular flexibility index (Phi) is 4.92. The number of piperidine rings is 1.